The predicted octanol–water partition coefficient (Wildman–Crippen LogP) is 16.4. The number of fused-ring (bicyclic) bond motifs is 8. The summed E-state index contributed by atoms with van der Waals surface area (Å²) in [6.45, 7) is 27.1. The lowest BCUT2D eigenvalue weighted by Crippen LogP contribution is -2.02. The molecule has 0 heterocycles. The molecule has 0 saturated carbocycles. The number of aryl methyl sites for hydroxylation is 2. The van der Waals surface area contributed by atoms with Crippen LogP contribution in [0.15, 0.2) is 164 Å². The molecule has 0 fully saturated rings. The van der Waals surface area contributed by atoms with Crippen molar-refractivity contribution in [1.29, 1.82) is 0 Å². The monoisotopic (exact) mass is 727 g/mol. The lowest BCUT2D eigenvalue weighted by molar-refractivity contribution is 0.878. The van der Waals surface area contributed by atoms with Crippen LogP contribution >= 0.6 is 0 Å². The quantitative estimate of drug-likeness (QED) is 0.114. The van der Waals surface area contributed by atoms with Crippen LogP contribution in [0, 0.1) is 19.8 Å². The number of benzene rings is 8. The molecule has 1 heteroatoms. The maximum absolute atomic E-state index is 4.92. The Balaban J connectivity index is 0.000000187. The Morgan fingerprint density at radius 3 is 1.89 bits per heavy atom. The molecule has 0 saturated heterocycles. The van der Waals surface area contributed by atoms with Gasteiger partial charge in [0.05, 0.1) is 5.69 Å². The van der Waals surface area contributed by atoms with Crippen molar-refractivity contribution in [3.63, 3.8) is 0 Å². The van der Waals surface area contributed by atoms with E-state index in [0.717, 1.165) is 39.2 Å². The van der Waals surface area contributed by atoms with Gasteiger partial charge in [0.2, 0.25) is 0 Å². The normalized spacial score (nSPS) is 11.2. The van der Waals surface area contributed by atoms with Gasteiger partial charge in [-0.1, -0.05) is 193 Å². The highest BCUT2D eigenvalue weighted by molar-refractivity contribution is 6.32. The summed E-state index contributed by atoms with van der Waals surface area (Å²) < 4.78 is 0. The zero-order valence-electron chi connectivity index (χ0n) is 34.1. The van der Waals surface area contributed by atoms with Crippen LogP contribution in [0.5, 0.6) is 0 Å². The van der Waals surface area contributed by atoms with E-state index < -0.39 is 0 Å². The topological polar surface area (TPSA) is 12.4 Å². The summed E-state index contributed by atoms with van der Waals surface area (Å²) in [4.78, 5) is 4.92. The summed E-state index contributed by atoms with van der Waals surface area (Å²) in [5.41, 5.74) is 12.3. The van der Waals surface area contributed by atoms with Crippen molar-refractivity contribution in [3.8, 4) is 11.1 Å². The number of rotatable bonds is 7. The molecule has 0 aliphatic heterocycles. The summed E-state index contributed by atoms with van der Waals surface area (Å²) in [6, 6.07) is 49.8. The maximum Gasteiger partial charge on any atom is 0.0785 e. The van der Waals surface area contributed by atoms with Crippen molar-refractivity contribution in [1.82, 2.24) is 0 Å². The number of hydrogen-bond acceptors (Lipinski definition) is 1. The van der Waals surface area contributed by atoms with E-state index in [0.29, 0.717) is 5.92 Å². The smallest absolute Gasteiger partial charge is 0.0785 e. The molecule has 8 rings (SSSR count). The molecule has 0 atom stereocenters. The fourth-order valence-corrected chi connectivity index (χ4v) is 7.60. The van der Waals surface area contributed by atoms with Crippen LogP contribution in [0.1, 0.15) is 68.0 Å². The lowest BCUT2D eigenvalue weighted by atomic mass is 9.86. The third kappa shape index (κ3) is 7.63. The molecule has 8 aromatic carbocycles. The van der Waals surface area contributed by atoms with Crippen LogP contribution < -0.4 is 0 Å². The largest absolute Gasteiger partial charge is 0.257 e. The minimum absolute atomic E-state index is 0.382. The van der Waals surface area contributed by atoms with E-state index in [1.165, 1.54) is 65.3 Å². The zero-order chi connectivity index (χ0) is 39.9. The van der Waals surface area contributed by atoms with Crippen LogP contribution in [0.25, 0.3) is 71.9 Å². The molecule has 0 unspecified atom stereocenters. The molecule has 0 amide bonds. The van der Waals surface area contributed by atoms with Gasteiger partial charge in [-0.2, -0.15) is 0 Å². The van der Waals surface area contributed by atoms with Crippen LogP contribution in [0.3, 0.4) is 0 Å². The molecule has 0 aliphatic rings. The third-order valence-electron chi connectivity index (χ3n) is 10.7. The fourth-order valence-electron chi connectivity index (χ4n) is 7.60. The van der Waals surface area contributed by atoms with Gasteiger partial charge < -0.3 is 0 Å². The molecule has 0 bridgehead atoms. The van der Waals surface area contributed by atoms with Crippen molar-refractivity contribution in [2.45, 2.75) is 48.5 Å². The van der Waals surface area contributed by atoms with Crippen molar-refractivity contribution in [2.24, 2.45) is 10.9 Å². The highest BCUT2D eigenvalue weighted by atomic mass is 14.8. The molecule has 0 N–H and O–H groups in total. The van der Waals surface area contributed by atoms with E-state index in [2.05, 4.69) is 176 Å². The van der Waals surface area contributed by atoms with Crippen molar-refractivity contribution >= 4 is 72.2 Å². The van der Waals surface area contributed by atoms with Gasteiger partial charge >= 0.3 is 0 Å². The van der Waals surface area contributed by atoms with E-state index >= 15 is 0 Å². The highest BCUT2D eigenvalue weighted by Gasteiger charge is 2.16. The van der Waals surface area contributed by atoms with Gasteiger partial charge in [0.25, 0.3) is 0 Å². The molecule has 278 valence electrons. The van der Waals surface area contributed by atoms with Gasteiger partial charge in [-0.05, 0) is 115 Å². The first-order valence-electron chi connectivity index (χ1n) is 19.8. The van der Waals surface area contributed by atoms with Crippen LogP contribution in [0.4, 0.5) is 5.69 Å². The Kier molecular flexibility index (Phi) is 12.3. The molecule has 0 spiro atoms. The molecule has 0 aromatic heterocycles. The van der Waals surface area contributed by atoms with Gasteiger partial charge in [-0.3, -0.25) is 4.99 Å². The van der Waals surface area contributed by atoms with Gasteiger partial charge in [-0.15, -0.1) is 0 Å². The molecule has 0 radical (unpaired) electrons. The molecule has 0 aliphatic carbocycles. The minimum atomic E-state index is 0.382. The Morgan fingerprint density at radius 2 is 1.21 bits per heavy atom. The Morgan fingerprint density at radius 1 is 0.571 bits per heavy atom. The van der Waals surface area contributed by atoms with Crippen LogP contribution in [-0.2, 0) is 0 Å². The number of hydrogen-bond donors (Lipinski definition) is 0. The number of aliphatic imine (C=N–C) groups is 1. The maximum atomic E-state index is 4.92. The molecule has 8 aromatic rings. The van der Waals surface area contributed by atoms with Crippen molar-refractivity contribution in [3.05, 3.63) is 193 Å². The van der Waals surface area contributed by atoms with E-state index in [-0.39, 0.29) is 0 Å². The summed E-state index contributed by atoms with van der Waals surface area (Å²) in [6.07, 6.45) is 3.70. The Hall–Kier alpha value is -6.31. The van der Waals surface area contributed by atoms with Crippen LogP contribution in [-0.4, -0.2) is 5.71 Å². The van der Waals surface area contributed by atoms with Gasteiger partial charge in [0.15, 0.2) is 0 Å². The standard InChI is InChI=1S/C30H22.C23H25N.C2H6/c1-19-9-8-14-26-28(19)29-20(2)17-23(21-10-4-3-5-11-21)18-27(29)25-16-15-22-12-6-7-13-24(22)30(25)26;1-7-19-14-15-22(17(5)20-12-10-9-11-13-20)23(21(19)8-2)24-18(6)16(3)4;1-2/h3-18H,1-2H3;7-16H,1-2,5H2,3-4,6H3;1-2H3. The Labute approximate surface area is 334 Å². The number of nitrogens with zero attached hydrogens (tertiary/aromatic N) is 1. The van der Waals surface area contributed by atoms with Crippen molar-refractivity contribution in [2.75, 3.05) is 0 Å². The predicted molar refractivity (Wildman–Crippen MR) is 252 cm³/mol. The summed E-state index contributed by atoms with van der Waals surface area (Å²) in [5.74, 6) is 0.382. The van der Waals surface area contributed by atoms with E-state index in [9.17, 15) is 0 Å². The second-order valence-corrected chi connectivity index (χ2v) is 14.4. The first-order chi connectivity index (χ1) is 27.2. The van der Waals surface area contributed by atoms with E-state index in [1.807, 2.05) is 44.2 Å². The van der Waals surface area contributed by atoms with Gasteiger partial charge in [0, 0.05) is 16.8 Å². The summed E-state index contributed by atoms with van der Waals surface area (Å²) >= 11 is 0. The van der Waals surface area contributed by atoms with Gasteiger partial charge in [-0.25, -0.2) is 0 Å². The molecule has 56 heavy (non-hydrogen) atoms. The van der Waals surface area contributed by atoms with Crippen LogP contribution in [0.2, 0.25) is 0 Å². The first-order valence-corrected chi connectivity index (χ1v) is 19.8. The highest BCUT2D eigenvalue weighted by Crippen LogP contribution is 2.43. The fraction of sp³-hybridized carbons (Fsp3) is 0.145. The van der Waals surface area contributed by atoms with E-state index in [4.69, 9.17) is 4.99 Å². The van der Waals surface area contributed by atoms with E-state index in [1.54, 1.807) is 0 Å². The second-order valence-electron chi connectivity index (χ2n) is 14.4. The summed E-state index contributed by atoms with van der Waals surface area (Å²) in [5, 5.41) is 10.8. The van der Waals surface area contributed by atoms with Crippen molar-refractivity contribution < 1.29 is 0 Å². The molecular weight excluding hydrogens is 675 g/mol. The Bertz CT molecular complexity index is 2740. The molecular formula is C55H53N. The average molecular weight is 728 g/mol. The SMILES string of the molecule is C=Cc1ccc(C(=C)c2ccccc2)c(N=C(C)C(C)C)c1C=C.CC.Cc1cc(-c2ccccc2)cc2c3ccc4ccccc4c3c3cccc(C)c3c12. The summed E-state index contributed by atoms with van der Waals surface area (Å²) in [7, 11) is 0. The lowest BCUT2D eigenvalue weighted by Gasteiger charge is -2.17. The van der Waals surface area contributed by atoms with Gasteiger partial charge in [0.1, 0.15) is 0 Å². The minimum Gasteiger partial charge on any atom is -0.257 e. The third-order valence-corrected chi connectivity index (χ3v) is 10.7. The zero-order valence-corrected chi connectivity index (χ0v) is 34.1. The second kappa shape index (κ2) is 17.4. The average Bonchev–Trinajstić information content (AvgIpc) is 3.24. The molecule has 1 nitrogen and oxygen atoms in total. The first kappa shape index (κ1) is 39.4.